The molecule has 0 atom stereocenters. The average Bonchev–Trinajstić information content (AvgIpc) is 3.04. The first-order chi connectivity index (χ1) is 14.1. The van der Waals surface area contributed by atoms with Gasteiger partial charge in [0.15, 0.2) is 0 Å². The molecule has 0 fully saturated rings. The zero-order valence-corrected chi connectivity index (χ0v) is 18.1. The molecule has 0 unspecified atom stereocenters. The molecule has 0 bridgehead atoms. The Kier molecular flexibility index (Phi) is 6.83. The Morgan fingerprint density at radius 2 is 1.55 bits per heavy atom. The first kappa shape index (κ1) is 21.2. The van der Waals surface area contributed by atoms with E-state index in [9.17, 15) is 4.79 Å². The third-order valence-corrected chi connectivity index (χ3v) is 6.02. The Morgan fingerprint density at radius 3 is 2.10 bits per heavy atom. The lowest BCUT2D eigenvalue weighted by Crippen LogP contribution is -2.40. The largest absolute Gasteiger partial charge is 0.497 e. The Labute approximate surface area is 174 Å². The number of hydrogen-bond donors (Lipinski definition) is 1. The van der Waals surface area contributed by atoms with Gasteiger partial charge < -0.3 is 14.8 Å². The van der Waals surface area contributed by atoms with Crippen LogP contribution in [0.4, 0.5) is 0 Å². The van der Waals surface area contributed by atoms with Gasteiger partial charge in [0.1, 0.15) is 11.5 Å². The second-order valence-corrected chi connectivity index (χ2v) is 7.94. The van der Waals surface area contributed by atoms with Crippen molar-refractivity contribution in [3.05, 3.63) is 58.7 Å². The molecule has 0 saturated carbocycles. The molecule has 1 heterocycles. The Balaban J connectivity index is 2.11. The van der Waals surface area contributed by atoms with E-state index in [1.807, 2.05) is 24.3 Å². The van der Waals surface area contributed by atoms with E-state index < -0.39 is 0 Å². The van der Waals surface area contributed by atoms with Crippen LogP contribution in [0.5, 0.6) is 11.5 Å². The predicted molar refractivity (Wildman–Crippen MR) is 117 cm³/mol. The van der Waals surface area contributed by atoms with Crippen molar-refractivity contribution in [1.29, 1.82) is 0 Å². The van der Waals surface area contributed by atoms with Crippen molar-refractivity contribution in [1.82, 2.24) is 5.32 Å². The number of carbonyl (C=O) groups excluding carboxylic acids is 1. The monoisotopic (exact) mass is 395 g/mol. The van der Waals surface area contributed by atoms with Crippen LogP contribution in [0.25, 0.3) is 0 Å². The van der Waals surface area contributed by atoms with Gasteiger partial charge in [0.2, 0.25) is 0 Å². The second kappa shape index (κ2) is 9.34. The molecule has 4 heteroatoms. The highest BCUT2D eigenvalue weighted by atomic mass is 16.5. The summed E-state index contributed by atoms with van der Waals surface area (Å²) in [5.41, 5.74) is 3.97. The first-order valence-corrected chi connectivity index (χ1v) is 10.7. The number of benzene rings is 2. The van der Waals surface area contributed by atoms with E-state index in [0.29, 0.717) is 0 Å². The highest BCUT2D eigenvalue weighted by Crippen LogP contribution is 2.44. The highest BCUT2D eigenvalue weighted by Gasteiger charge is 2.44. The van der Waals surface area contributed by atoms with Crippen LogP contribution in [0, 0.1) is 0 Å². The van der Waals surface area contributed by atoms with E-state index in [4.69, 9.17) is 9.47 Å². The van der Waals surface area contributed by atoms with Crippen molar-refractivity contribution in [3.8, 4) is 11.5 Å². The Morgan fingerprint density at radius 1 is 0.897 bits per heavy atom. The van der Waals surface area contributed by atoms with E-state index in [1.54, 1.807) is 14.2 Å². The minimum absolute atomic E-state index is 0.0471. The van der Waals surface area contributed by atoms with Crippen LogP contribution in [-0.2, 0) is 12.0 Å². The van der Waals surface area contributed by atoms with Crippen LogP contribution < -0.4 is 14.8 Å². The van der Waals surface area contributed by atoms with Crippen molar-refractivity contribution >= 4 is 5.91 Å². The summed E-state index contributed by atoms with van der Waals surface area (Å²) in [7, 11) is 3.39. The Bertz CT molecular complexity index is 834. The highest BCUT2D eigenvalue weighted by molar-refractivity contribution is 6.01. The zero-order valence-electron chi connectivity index (χ0n) is 18.1. The van der Waals surface area contributed by atoms with Gasteiger partial charge in [-0.1, -0.05) is 51.7 Å². The average molecular weight is 396 g/mol. The third kappa shape index (κ3) is 4.26. The van der Waals surface area contributed by atoms with Gasteiger partial charge in [-0.2, -0.15) is 0 Å². The number of nitrogens with one attached hydrogen (secondary N) is 1. The molecule has 4 nitrogen and oxygen atoms in total. The van der Waals surface area contributed by atoms with E-state index in [0.717, 1.165) is 73.1 Å². The maximum atomic E-state index is 12.9. The normalized spacial score (nSPS) is 14.4. The van der Waals surface area contributed by atoms with Crippen LogP contribution in [0.2, 0.25) is 0 Å². The van der Waals surface area contributed by atoms with Gasteiger partial charge in [-0.05, 0) is 48.2 Å². The molecule has 2 aromatic carbocycles. The van der Waals surface area contributed by atoms with Gasteiger partial charge in [0.05, 0.1) is 19.8 Å². The number of amides is 1. The molecule has 29 heavy (non-hydrogen) atoms. The minimum atomic E-state index is -0.297. The molecular formula is C25H33NO3. The molecule has 0 saturated heterocycles. The van der Waals surface area contributed by atoms with Gasteiger partial charge in [0, 0.05) is 17.5 Å². The van der Waals surface area contributed by atoms with Gasteiger partial charge in [0.25, 0.3) is 5.91 Å². The minimum Gasteiger partial charge on any atom is -0.497 e. The zero-order chi connectivity index (χ0) is 20.9. The lowest BCUT2D eigenvalue weighted by atomic mass is 9.78. The first-order valence-electron chi connectivity index (χ1n) is 10.7. The quantitative estimate of drug-likeness (QED) is 0.568. The molecule has 0 aromatic heterocycles. The van der Waals surface area contributed by atoms with Gasteiger partial charge >= 0.3 is 0 Å². The van der Waals surface area contributed by atoms with Crippen LogP contribution in [-0.4, -0.2) is 20.1 Å². The molecule has 1 amide bonds. The maximum absolute atomic E-state index is 12.9. The molecule has 2 aromatic rings. The number of rotatable bonds is 10. The summed E-state index contributed by atoms with van der Waals surface area (Å²) in [6.07, 6.45) is 7.04. The molecule has 1 aliphatic rings. The molecule has 0 spiro atoms. The molecule has 1 aliphatic heterocycles. The molecule has 156 valence electrons. The molecule has 0 radical (unpaired) electrons. The summed E-state index contributed by atoms with van der Waals surface area (Å²) in [5, 5.41) is 3.38. The number of carbonyl (C=O) groups is 1. The topological polar surface area (TPSA) is 47.6 Å². The summed E-state index contributed by atoms with van der Waals surface area (Å²) in [5.74, 6) is 1.75. The van der Waals surface area contributed by atoms with Crippen LogP contribution in [0.3, 0.4) is 0 Å². The molecule has 0 aliphatic carbocycles. The second-order valence-electron chi connectivity index (χ2n) is 7.94. The van der Waals surface area contributed by atoms with Gasteiger partial charge in [-0.25, -0.2) is 0 Å². The molecule has 3 rings (SSSR count). The van der Waals surface area contributed by atoms with Gasteiger partial charge in [-0.15, -0.1) is 0 Å². The Hall–Kier alpha value is -2.49. The van der Waals surface area contributed by atoms with E-state index in [1.165, 1.54) is 5.56 Å². The summed E-state index contributed by atoms with van der Waals surface area (Å²) in [4.78, 5) is 12.9. The van der Waals surface area contributed by atoms with E-state index >= 15 is 0 Å². The van der Waals surface area contributed by atoms with Crippen molar-refractivity contribution < 1.29 is 14.3 Å². The predicted octanol–water partition coefficient (Wildman–Crippen LogP) is 5.61. The number of unbranched alkanes of at least 4 members (excludes halogenated alkanes) is 2. The van der Waals surface area contributed by atoms with Crippen molar-refractivity contribution in [2.24, 2.45) is 0 Å². The van der Waals surface area contributed by atoms with E-state index in [-0.39, 0.29) is 11.4 Å². The van der Waals surface area contributed by atoms with Crippen LogP contribution >= 0.6 is 0 Å². The van der Waals surface area contributed by atoms with Crippen LogP contribution in [0.15, 0.2) is 36.4 Å². The fourth-order valence-corrected chi connectivity index (χ4v) is 4.48. The number of fused-ring (bicyclic) bond motifs is 1. The smallest absolute Gasteiger partial charge is 0.252 e. The fourth-order valence-electron chi connectivity index (χ4n) is 4.48. The third-order valence-electron chi connectivity index (χ3n) is 6.02. The molecule has 1 N–H and O–H groups in total. The van der Waals surface area contributed by atoms with Crippen molar-refractivity contribution in [2.75, 3.05) is 14.2 Å². The number of hydrogen-bond acceptors (Lipinski definition) is 3. The van der Waals surface area contributed by atoms with Crippen molar-refractivity contribution in [3.63, 3.8) is 0 Å². The fraction of sp³-hybridized carbons (Fsp3) is 0.480. The van der Waals surface area contributed by atoms with E-state index in [2.05, 4.69) is 31.3 Å². The SMILES string of the molecule is CCCCC1(CCCC)NC(=O)c2ccc(OC)c(Cc3ccc(OC)cc3)c21. The van der Waals surface area contributed by atoms with Gasteiger partial charge in [-0.3, -0.25) is 4.79 Å². The standard InChI is InChI=1S/C25H33NO3/c1-5-7-15-25(16-8-6-2)23-20(24(27)26-25)13-14-22(29-4)21(23)17-18-9-11-19(28-3)12-10-18/h9-14H,5-8,15-17H2,1-4H3,(H,26,27). The summed E-state index contributed by atoms with van der Waals surface area (Å²) in [6, 6.07) is 12.0. The molecular weight excluding hydrogens is 362 g/mol. The van der Waals surface area contributed by atoms with Crippen LogP contribution in [0.1, 0.15) is 79.4 Å². The lowest BCUT2D eigenvalue weighted by Gasteiger charge is -2.33. The maximum Gasteiger partial charge on any atom is 0.252 e. The van der Waals surface area contributed by atoms with Crippen molar-refractivity contribution in [2.45, 2.75) is 64.3 Å². The summed E-state index contributed by atoms with van der Waals surface area (Å²) in [6.45, 7) is 4.41. The number of methoxy groups -OCH3 is 2. The summed E-state index contributed by atoms with van der Waals surface area (Å²) < 4.78 is 11.1. The number of ether oxygens (including phenoxy) is 2. The lowest BCUT2D eigenvalue weighted by molar-refractivity contribution is 0.0918. The summed E-state index contributed by atoms with van der Waals surface area (Å²) >= 11 is 0.